The average molecular weight is 516 g/mol. The van der Waals surface area contributed by atoms with E-state index in [4.69, 9.17) is 5.11 Å². The lowest BCUT2D eigenvalue weighted by atomic mass is 9.86. The first-order valence-electron chi connectivity index (χ1n) is 11.7. The molecule has 198 valence electrons. The Balaban J connectivity index is 0.00000104. The zero-order valence-corrected chi connectivity index (χ0v) is 21.3. The Morgan fingerprint density at radius 2 is 1.38 bits per heavy atom. The molecule has 0 unspecified atom stereocenters. The van der Waals surface area contributed by atoms with Gasteiger partial charge in [0.15, 0.2) is 0 Å². The van der Waals surface area contributed by atoms with Gasteiger partial charge in [-0.2, -0.15) is 13.2 Å². The van der Waals surface area contributed by atoms with Crippen molar-refractivity contribution in [2.24, 2.45) is 5.18 Å². The van der Waals surface area contributed by atoms with Crippen molar-refractivity contribution in [2.45, 2.75) is 46.2 Å². The summed E-state index contributed by atoms with van der Waals surface area (Å²) in [5.74, 6) is 0.0929. The molecule has 0 aliphatic carbocycles. The zero-order valence-electron chi connectivity index (χ0n) is 21.3. The highest BCUT2D eigenvalue weighted by Gasteiger charge is 2.32. The van der Waals surface area contributed by atoms with Crippen molar-refractivity contribution in [3.8, 4) is 5.75 Å². The second-order valence-electron chi connectivity index (χ2n) is 7.89. The monoisotopic (exact) mass is 515 g/mol. The lowest BCUT2D eigenvalue weighted by molar-refractivity contribution is -0.138. The summed E-state index contributed by atoms with van der Waals surface area (Å²) in [5, 5.41) is 19.6. The largest absolute Gasteiger partial charge is 0.508 e. The molecule has 0 fully saturated rings. The fourth-order valence-electron chi connectivity index (χ4n) is 3.61. The number of aldehydes is 1. The number of carbonyl (C=O) groups excluding carboxylic acids is 1. The fraction of sp³-hybridized carbons (Fsp3) is 0.276. The molecular formula is C29H32F3NO4. The number of aromatic hydroxyl groups is 1. The molecule has 0 heterocycles. The number of allylic oxidation sites excluding steroid dienone is 1. The normalized spacial score (nSPS) is 11.2. The van der Waals surface area contributed by atoms with Gasteiger partial charge in [0, 0.05) is 13.5 Å². The predicted octanol–water partition coefficient (Wildman–Crippen LogP) is 8.08. The summed E-state index contributed by atoms with van der Waals surface area (Å²) < 4.78 is 40.7. The molecule has 3 rings (SSSR count). The van der Waals surface area contributed by atoms with Crippen LogP contribution in [-0.2, 0) is 11.0 Å². The maximum atomic E-state index is 13.6. The van der Waals surface area contributed by atoms with E-state index in [0.717, 1.165) is 42.1 Å². The molecule has 5 nitrogen and oxygen atoms in total. The number of hydrogen-bond acceptors (Lipinski definition) is 5. The van der Waals surface area contributed by atoms with Crippen LogP contribution < -0.4 is 0 Å². The summed E-state index contributed by atoms with van der Waals surface area (Å²) in [6.07, 6.45) is -1.67. The smallest absolute Gasteiger partial charge is 0.416 e. The Labute approximate surface area is 215 Å². The molecule has 0 aliphatic rings. The van der Waals surface area contributed by atoms with Gasteiger partial charge in [0.05, 0.1) is 5.56 Å². The highest BCUT2D eigenvalue weighted by atomic mass is 19.4. The predicted molar refractivity (Wildman–Crippen MR) is 142 cm³/mol. The Hall–Kier alpha value is -3.78. The van der Waals surface area contributed by atoms with Crippen molar-refractivity contribution < 1.29 is 28.2 Å². The number of nitroso groups, excluding NO2 is 1. The number of aryl methyl sites for hydroxylation is 1. The molecule has 0 aromatic heterocycles. The van der Waals surface area contributed by atoms with Crippen LogP contribution in [0.5, 0.6) is 5.75 Å². The van der Waals surface area contributed by atoms with Crippen molar-refractivity contribution in [1.29, 1.82) is 0 Å². The van der Waals surface area contributed by atoms with E-state index < -0.39 is 11.7 Å². The first-order valence-corrected chi connectivity index (χ1v) is 11.7. The average Bonchev–Trinajstić information content (AvgIpc) is 2.91. The third-order valence-corrected chi connectivity index (χ3v) is 5.28. The minimum absolute atomic E-state index is 0.0929. The van der Waals surface area contributed by atoms with Crippen molar-refractivity contribution in [2.75, 3.05) is 7.11 Å². The van der Waals surface area contributed by atoms with E-state index in [9.17, 15) is 28.0 Å². The molecule has 0 bridgehead atoms. The van der Waals surface area contributed by atoms with Gasteiger partial charge < -0.3 is 15.0 Å². The second kappa shape index (κ2) is 15.4. The standard InChI is InChI=1S/C25H22F3NO2.C3H6O.CH4O/c1-3-4-22(19-6-5-16(2)23(15-19)25(26,27)28)24(18-9-13-21(30)14-10-18)17-7-11-20(29-31)12-8-17;1-2-3-4;1-2/h5-15,30H,3-4H2,1-2H3;3H,2H2,1H3;2H,1H3/b24-22+;;. The molecule has 0 saturated carbocycles. The third kappa shape index (κ3) is 8.99. The van der Waals surface area contributed by atoms with Gasteiger partial charge in [0.25, 0.3) is 0 Å². The summed E-state index contributed by atoms with van der Waals surface area (Å²) in [6, 6.07) is 17.5. The van der Waals surface area contributed by atoms with Gasteiger partial charge in [-0.15, -0.1) is 4.91 Å². The zero-order chi connectivity index (χ0) is 28.0. The van der Waals surface area contributed by atoms with Crippen molar-refractivity contribution in [3.05, 3.63) is 99.5 Å². The summed E-state index contributed by atoms with van der Waals surface area (Å²) in [6.45, 7) is 5.22. The lowest BCUT2D eigenvalue weighted by Gasteiger charge is -2.19. The van der Waals surface area contributed by atoms with Crippen LogP contribution in [0.25, 0.3) is 11.1 Å². The molecular weight excluding hydrogens is 483 g/mol. The number of aliphatic hydroxyl groups excluding tert-OH is 1. The molecule has 8 heteroatoms. The van der Waals surface area contributed by atoms with Gasteiger partial charge in [-0.3, -0.25) is 0 Å². The van der Waals surface area contributed by atoms with E-state index in [1.807, 2.05) is 13.8 Å². The Bertz CT molecular complexity index is 1170. The number of phenolic OH excluding ortho intramolecular Hbond substituents is 1. The topological polar surface area (TPSA) is 87.0 Å². The minimum atomic E-state index is -4.45. The van der Waals surface area contributed by atoms with Gasteiger partial charge in [-0.1, -0.05) is 56.7 Å². The molecule has 0 saturated heterocycles. The molecule has 2 N–H and O–H groups in total. The first-order chi connectivity index (χ1) is 17.7. The van der Waals surface area contributed by atoms with Gasteiger partial charge in [0.2, 0.25) is 0 Å². The highest BCUT2D eigenvalue weighted by molar-refractivity contribution is 5.99. The molecule has 3 aromatic carbocycles. The van der Waals surface area contributed by atoms with Crippen LogP contribution in [0.2, 0.25) is 0 Å². The van der Waals surface area contributed by atoms with Gasteiger partial charge in [-0.25, -0.2) is 0 Å². The Kier molecular flexibility index (Phi) is 13.0. The van der Waals surface area contributed by atoms with Crippen LogP contribution >= 0.6 is 0 Å². The highest BCUT2D eigenvalue weighted by Crippen LogP contribution is 2.39. The van der Waals surface area contributed by atoms with E-state index in [1.54, 1.807) is 42.5 Å². The number of alkyl halides is 3. The number of phenols is 1. The van der Waals surface area contributed by atoms with E-state index >= 15 is 0 Å². The maximum Gasteiger partial charge on any atom is 0.416 e. The minimum Gasteiger partial charge on any atom is -0.508 e. The summed E-state index contributed by atoms with van der Waals surface area (Å²) >= 11 is 0. The third-order valence-electron chi connectivity index (χ3n) is 5.28. The molecule has 0 radical (unpaired) electrons. The second-order valence-corrected chi connectivity index (χ2v) is 7.89. The van der Waals surface area contributed by atoms with E-state index in [0.29, 0.717) is 18.4 Å². The van der Waals surface area contributed by atoms with Crippen LogP contribution in [0.1, 0.15) is 60.9 Å². The number of hydrogen-bond donors (Lipinski definition) is 2. The van der Waals surface area contributed by atoms with E-state index in [2.05, 4.69) is 5.18 Å². The molecule has 0 spiro atoms. The van der Waals surface area contributed by atoms with Crippen LogP contribution in [0, 0.1) is 11.8 Å². The molecule has 3 aromatic rings. The summed E-state index contributed by atoms with van der Waals surface area (Å²) in [7, 11) is 1.00. The first kappa shape index (κ1) is 31.3. The quantitative estimate of drug-likeness (QED) is 0.189. The van der Waals surface area contributed by atoms with Crippen LogP contribution in [0.3, 0.4) is 0 Å². The number of carbonyl (C=O) groups is 1. The van der Waals surface area contributed by atoms with Crippen LogP contribution in [-0.4, -0.2) is 23.6 Å². The number of aliphatic hydroxyl groups is 1. The van der Waals surface area contributed by atoms with Crippen molar-refractivity contribution in [3.63, 3.8) is 0 Å². The van der Waals surface area contributed by atoms with E-state index in [1.165, 1.54) is 31.2 Å². The molecule has 37 heavy (non-hydrogen) atoms. The Morgan fingerprint density at radius 1 is 0.892 bits per heavy atom. The van der Waals surface area contributed by atoms with Crippen molar-refractivity contribution >= 4 is 23.1 Å². The van der Waals surface area contributed by atoms with Crippen LogP contribution in [0.4, 0.5) is 18.9 Å². The van der Waals surface area contributed by atoms with E-state index in [-0.39, 0.29) is 17.0 Å². The number of benzene rings is 3. The fourth-order valence-corrected chi connectivity index (χ4v) is 3.61. The maximum absolute atomic E-state index is 13.6. The van der Waals surface area contributed by atoms with Gasteiger partial charge >= 0.3 is 6.18 Å². The Morgan fingerprint density at radius 3 is 1.81 bits per heavy atom. The van der Waals surface area contributed by atoms with Crippen LogP contribution in [0.15, 0.2) is 71.9 Å². The summed E-state index contributed by atoms with van der Waals surface area (Å²) in [5.41, 5.74) is 3.25. The molecule has 0 aliphatic heterocycles. The van der Waals surface area contributed by atoms with Crippen molar-refractivity contribution in [1.82, 2.24) is 0 Å². The SMILES string of the molecule is CCC/C(=C(\c1ccc(O)cc1)c1ccc(N=O)cc1)c1ccc(C)c(C(F)(F)F)c1.CCC=O.CO. The number of halogens is 3. The molecule has 0 amide bonds. The van der Waals surface area contributed by atoms with Gasteiger partial charge in [-0.05, 0) is 82.3 Å². The van der Waals surface area contributed by atoms with Gasteiger partial charge in [0.1, 0.15) is 17.7 Å². The summed E-state index contributed by atoms with van der Waals surface area (Å²) in [4.78, 5) is 20.0. The number of nitrogens with zero attached hydrogens (tertiary/aromatic N) is 1. The lowest BCUT2D eigenvalue weighted by Crippen LogP contribution is -2.08. The number of rotatable bonds is 7. The molecule has 0 atom stereocenters.